The van der Waals surface area contributed by atoms with Crippen LogP contribution < -0.4 is 10.2 Å². The van der Waals surface area contributed by atoms with E-state index < -0.39 is 0 Å². The van der Waals surface area contributed by atoms with E-state index in [1.54, 1.807) is 30.5 Å². The zero-order chi connectivity index (χ0) is 14.5. The summed E-state index contributed by atoms with van der Waals surface area (Å²) in [6.07, 6.45) is 3.02. The molecule has 0 aliphatic carbocycles. The number of anilines is 2. The summed E-state index contributed by atoms with van der Waals surface area (Å²) in [7, 11) is 0. The Morgan fingerprint density at radius 2 is 2.05 bits per heavy atom. The van der Waals surface area contributed by atoms with Gasteiger partial charge in [0.1, 0.15) is 23.7 Å². The molecule has 2 aromatic heterocycles. The lowest BCUT2D eigenvalue weighted by molar-refractivity contribution is 0.102. The first-order valence-electron chi connectivity index (χ1n) is 6.70. The van der Waals surface area contributed by atoms with Gasteiger partial charge in [0.05, 0.1) is 13.2 Å². The van der Waals surface area contributed by atoms with Gasteiger partial charge in [-0.05, 0) is 12.1 Å². The molecule has 0 saturated carbocycles. The molecule has 0 radical (unpaired) electrons. The Hall–Kier alpha value is -2.54. The fourth-order valence-electron chi connectivity index (χ4n) is 2.06. The standard InChI is InChI=1S/C14H15N5O2/c20-14(11-3-1-2-4-15-11)18-12-9-13(17-10-16-12)19-5-7-21-8-6-19/h1-4,9-10H,5-8H2,(H,16,17,18,20). The Morgan fingerprint density at radius 1 is 1.19 bits per heavy atom. The molecule has 7 nitrogen and oxygen atoms in total. The van der Waals surface area contributed by atoms with E-state index in [1.807, 2.05) is 0 Å². The number of carbonyl (C=O) groups excluding carboxylic acids is 1. The molecule has 21 heavy (non-hydrogen) atoms. The third kappa shape index (κ3) is 3.32. The van der Waals surface area contributed by atoms with Crippen molar-refractivity contribution in [1.29, 1.82) is 0 Å². The molecule has 1 saturated heterocycles. The third-order valence-corrected chi connectivity index (χ3v) is 3.13. The summed E-state index contributed by atoms with van der Waals surface area (Å²) < 4.78 is 5.31. The summed E-state index contributed by atoms with van der Waals surface area (Å²) in [5, 5.41) is 2.73. The monoisotopic (exact) mass is 285 g/mol. The van der Waals surface area contributed by atoms with Gasteiger partial charge < -0.3 is 15.0 Å². The lowest BCUT2D eigenvalue weighted by Gasteiger charge is -2.27. The van der Waals surface area contributed by atoms with E-state index in [1.165, 1.54) is 6.33 Å². The van der Waals surface area contributed by atoms with Crippen LogP contribution in [0.1, 0.15) is 10.5 Å². The smallest absolute Gasteiger partial charge is 0.275 e. The van der Waals surface area contributed by atoms with Crippen LogP contribution in [0.4, 0.5) is 11.6 Å². The molecule has 3 heterocycles. The number of rotatable bonds is 3. The van der Waals surface area contributed by atoms with E-state index in [9.17, 15) is 4.79 Å². The highest BCUT2D eigenvalue weighted by Gasteiger charge is 2.14. The molecule has 7 heteroatoms. The molecular formula is C14H15N5O2. The average Bonchev–Trinajstić information content (AvgIpc) is 2.57. The van der Waals surface area contributed by atoms with Crippen molar-refractivity contribution in [2.45, 2.75) is 0 Å². The molecule has 1 fully saturated rings. The minimum atomic E-state index is -0.290. The summed E-state index contributed by atoms with van der Waals surface area (Å²) in [4.78, 5) is 26.4. The summed E-state index contributed by atoms with van der Waals surface area (Å²) in [5.74, 6) is 0.953. The zero-order valence-corrected chi connectivity index (χ0v) is 11.4. The Balaban J connectivity index is 1.72. The van der Waals surface area contributed by atoms with Gasteiger partial charge in [0.25, 0.3) is 5.91 Å². The molecule has 1 aliphatic heterocycles. The van der Waals surface area contributed by atoms with Gasteiger partial charge >= 0.3 is 0 Å². The van der Waals surface area contributed by atoms with Crippen molar-refractivity contribution in [2.75, 3.05) is 36.5 Å². The number of ether oxygens (including phenoxy) is 1. The van der Waals surface area contributed by atoms with E-state index in [-0.39, 0.29) is 5.91 Å². The van der Waals surface area contributed by atoms with E-state index >= 15 is 0 Å². The van der Waals surface area contributed by atoms with Crippen LogP contribution in [0.15, 0.2) is 36.8 Å². The van der Waals surface area contributed by atoms with Gasteiger partial charge in [0, 0.05) is 25.4 Å². The Bertz CT molecular complexity index is 614. The van der Waals surface area contributed by atoms with Crippen LogP contribution >= 0.6 is 0 Å². The number of amides is 1. The van der Waals surface area contributed by atoms with Crippen molar-refractivity contribution < 1.29 is 9.53 Å². The number of hydrogen-bond donors (Lipinski definition) is 1. The maximum absolute atomic E-state index is 12.0. The fourth-order valence-corrected chi connectivity index (χ4v) is 2.06. The molecule has 0 spiro atoms. The number of nitrogens with zero attached hydrogens (tertiary/aromatic N) is 4. The van der Waals surface area contributed by atoms with Crippen molar-refractivity contribution in [3.05, 3.63) is 42.5 Å². The van der Waals surface area contributed by atoms with Gasteiger partial charge in [-0.25, -0.2) is 9.97 Å². The number of aromatic nitrogens is 3. The minimum absolute atomic E-state index is 0.290. The lowest BCUT2D eigenvalue weighted by Crippen LogP contribution is -2.36. The van der Waals surface area contributed by atoms with Crippen LogP contribution in [0.25, 0.3) is 0 Å². The summed E-state index contributed by atoms with van der Waals surface area (Å²) >= 11 is 0. The van der Waals surface area contributed by atoms with E-state index in [0.717, 1.165) is 18.9 Å². The van der Waals surface area contributed by atoms with Crippen molar-refractivity contribution in [1.82, 2.24) is 15.0 Å². The average molecular weight is 285 g/mol. The second-order valence-electron chi connectivity index (χ2n) is 4.53. The van der Waals surface area contributed by atoms with E-state index in [2.05, 4.69) is 25.2 Å². The number of morpholine rings is 1. The van der Waals surface area contributed by atoms with Crippen molar-refractivity contribution >= 4 is 17.5 Å². The first-order chi connectivity index (χ1) is 10.3. The first kappa shape index (κ1) is 13.4. The first-order valence-corrected chi connectivity index (χ1v) is 6.70. The third-order valence-electron chi connectivity index (χ3n) is 3.13. The largest absolute Gasteiger partial charge is 0.378 e. The molecular weight excluding hydrogens is 270 g/mol. The fraction of sp³-hybridized carbons (Fsp3) is 0.286. The molecule has 0 atom stereocenters. The van der Waals surface area contributed by atoms with E-state index in [4.69, 9.17) is 4.74 Å². The normalized spacial score (nSPS) is 14.8. The SMILES string of the molecule is O=C(Nc1cc(N2CCOCC2)ncn1)c1ccccn1. The van der Waals surface area contributed by atoms with E-state index in [0.29, 0.717) is 24.7 Å². The highest BCUT2D eigenvalue weighted by Crippen LogP contribution is 2.15. The second kappa shape index (κ2) is 6.27. The molecule has 108 valence electrons. The Labute approximate surface area is 122 Å². The van der Waals surface area contributed by atoms with Crippen molar-refractivity contribution in [3.8, 4) is 0 Å². The molecule has 1 amide bonds. The molecule has 1 aliphatic rings. The summed E-state index contributed by atoms with van der Waals surface area (Å²) in [5.41, 5.74) is 0.351. The highest BCUT2D eigenvalue weighted by molar-refractivity contribution is 6.02. The van der Waals surface area contributed by atoms with Gasteiger partial charge in [0.2, 0.25) is 0 Å². The van der Waals surface area contributed by atoms with Gasteiger partial charge in [-0.3, -0.25) is 9.78 Å². The van der Waals surface area contributed by atoms with Crippen molar-refractivity contribution in [2.24, 2.45) is 0 Å². The molecule has 1 N–H and O–H groups in total. The summed E-state index contributed by atoms with van der Waals surface area (Å²) in [6, 6.07) is 6.94. The number of pyridine rings is 1. The predicted molar refractivity (Wildman–Crippen MR) is 77.3 cm³/mol. The van der Waals surface area contributed by atoms with Crippen LogP contribution in [-0.4, -0.2) is 47.2 Å². The van der Waals surface area contributed by atoms with Crippen LogP contribution in [0.2, 0.25) is 0 Å². The van der Waals surface area contributed by atoms with Crippen molar-refractivity contribution in [3.63, 3.8) is 0 Å². The molecule has 0 bridgehead atoms. The lowest BCUT2D eigenvalue weighted by atomic mass is 10.3. The quantitative estimate of drug-likeness (QED) is 0.904. The number of hydrogen-bond acceptors (Lipinski definition) is 6. The van der Waals surface area contributed by atoms with Gasteiger partial charge in [-0.1, -0.05) is 6.07 Å². The maximum Gasteiger partial charge on any atom is 0.275 e. The molecule has 2 aromatic rings. The molecule has 0 aromatic carbocycles. The maximum atomic E-state index is 12.0. The van der Waals surface area contributed by atoms with Gasteiger partial charge in [-0.15, -0.1) is 0 Å². The van der Waals surface area contributed by atoms with Crippen LogP contribution in [0, 0.1) is 0 Å². The number of nitrogens with one attached hydrogen (secondary N) is 1. The predicted octanol–water partition coefficient (Wildman–Crippen LogP) is 0.960. The van der Waals surface area contributed by atoms with Crippen LogP contribution in [-0.2, 0) is 4.74 Å². The second-order valence-corrected chi connectivity index (χ2v) is 4.53. The van der Waals surface area contributed by atoms with Crippen LogP contribution in [0.5, 0.6) is 0 Å². The molecule has 0 unspecified atom stereocenters. The minimum Gasteiger partial charge on any atom is -0.378 e. The Kier molecular flexibility index (Phi) is 4.02. The molecule has 3 rings (SSSR count). The summed E-state index contributed by atoms with van der Waals surface area (Å²) in [6.45, 7) is 2.93. The van der Waals surface area contributed by atoms with Gasteiger partial charge in [0.15, 0.2) is 0 Å². The highest BCUT2D eigenvalue weighted by atomic mass is 16.5. The van der Waals surface area contributed by atoms with Crippen LogP contribution in [0.3, 0.4) is 0 Å². The zero-order valence-electron chi connectivity index (χ0n) is 11.4. The van der Waals surface area contributed by atoms with Gasteiger partial charge in [-0.2, -0.15) is 0 Å². The topological polar surface area (TPSA) is 80.2 Å². The Morgan fingerprint density at radius 3 is 2.81 bits per heavy atom. The number of carbonyl (C=O) groups is 1.